The van der Waals surface area contributed by atoms with Crippen LogP contribution in [-0.2, 0) is 14.3 Å². The summed E-state index contributed by atoms with van der Waals surface area (Å²) in [6.07, 6.45) is 2.59. The first-order chi connectivity index (χ1) is 10.9. The first-order valence-corrected chi connectivity index (χ1v) is 7.83. The Balaban J connectivity index is 1.81. The number of furan rings is 1. The zero-order chi connectivity index (χ0) is 16.8. The van der Waals surface area contributed by atoms with Gasteiger partial charge in [-0.2, -0.15) is 0 Å². The smallest absolute Gasteiger partial charge is 0.331 e. The topological polar surface area (TPSA) is 68.5 Å². The number of nitrogens with one attached hydrogen (secondary N) is 1. The highest BCUT2D eigenvalue weighted by molar-refractivity contribution is 9.10. The quantitative estimate of drug-likeness (QED) is 0.571. The van der Waals surface area contributed by atoms with Crippen LogP contribution in [0.3, 0.4) is 0 Å². The zero-order valence-electron chi connectivity index (χ0n) is 11.5. The van der Waals surface area contributed by atoms with Crippen LogP contribution in [0.1, 0.15) is 5.76 Å². The molecular formula is C15H10BrCl2NO4. The van der Waals surface area contributed by atoms with E-state index < -0.39 is 18.5 Å². The Morgan fingerprint density at radius 2 is 1.91 bits per heavy atom. The number of hydrogen-bond donors (Lipinski definition) is 1. The van der Waals surface area contributed by atoms with E-state index in [0.29, 0.717) is 26.2 Å². The summed E-state index contributed by atoms with van der Waals surface area (Å²) in [6, 6.07) is 7.96. The van der Waals surface area contributed by atoms with Crippen molar-refractivity contribution in [2.45, 2.75) is 0 Å². The molecule has 0 atom stereocenters. The molecule has 1 amide bonds. The van der Waals surface area contributed by atoms with Crippen LogP contribution >= 0.6 is 39.1 Å². The molecule has 120 valence electrons. The summed E-state index contributed by atoms with van der Waals surface area (Å²) in [5.41, 5.74) is 0.416. The average Bonchev–Trinajstić information content (AvgIpc) is 2.87. The van der Waals surface area contributed by atoms with E-state index in [9.17, 15) is 9.59 Å². The number of rotatable bonds is 5. The number of amides is 1. The van der Waals surface area contributed by atoms with Crippen LogP contribution in [0.15, 0.2) is 45.5 Å². The predicted molar refractivity (Wildman–Crippen MR) is 91.5 cm³/mol. The van der Waals surface area contributed by atoms with Crippen molar-refractivity contribution in [3.8, 4) is 0 Å². The van der Waals surface area contributed by atoms with Crippen LogP contribution in [-0.4, -0.2) is 18.5 Å². The van der Waals surface area contributed by atoms with Crippen LogP contribution in [0, 0.1) is 0 Å². The lowest BCUT2D eigenvalue weighted by Crippen LogP contribution is -2.20. The van der Waals surface area contributed by atoms with Crippen molar-refractivity contribution in [2.24, 2.45) is 0 Å². The maximum atomic E-state index is 11.7. The summed E-state index contributed by atoms with van der Waals surface area (Å²) in [6.45, 7) is -0.435. The number of esters is 1. The molecule has 0 spiro atoms. The van der Waals surface area contributed by atoms with E-state index >= 15 is 0 Å². The van der Waals surface area contributed by atoms with Gasteiger partial charge in [-0.05, 0) is 52.3 Å². The van der Waals surface area contributed by atoms with E-state index in [1.807, 2.05) is 0 Å². The fraction of sp³-hybridized carbons (Fsp3) is 0.0667. The molecule has 2 aromatic rings. The van der Waals surface area contributed by atoms with Gasteiger partial charge in [0.15, 0.2) is 11.3 Å². The second-order valence-electron chi connectivity index (χ2n) is 4.29. The fourth-order valence-corrected chi connectivity index (χ4v) is 2.42. The van der Waals surface area contributed by atoms with Gasteiger partial charge >= 0.3 is 5.97 Å². The Hall–Kier alpha value is -1.76. The summed E-state index contributed by atoms with van der Waals surface area (Å²) in [4.78, 5) is 23.2. The Kier molecular flexibility index (Phi) is 6.27. The number of anilines is 1. The monoisotopic (exact) mass is 417 g/mol. The van der Waals surface area contributed by atoms with Crippen LogP contribution in [0.5, 0.6) is 0 Å². The van der Waals surface area contributed by atoms with Gasteiger partial charge in [0.25, 0.3) is 5.91 Å². The highest BCUT2D eigenvalue weighted by Gasteiger charge is 2.07. The Morgan fingerprint density at radius 3 is 2.52 bits per heavy atom. The number of ether oxygens (including phenoxy) is 1. The molecule has 1 aromatic carbocycles. The maximum Gasteiger partial charge on any atom is 0.331 e. The molecule has 8 heteroatoms. The highest BCUT2D eigenvalue weighted by atomic mass is 79.9. The van der Waals surface area contributed by atoms with Crippen LogP contribution < -0.4 is 5.32 Å². The third-order valence-corrected chi connectivity index (χ3v) is 3.33. The molecule has 23 heavy (non-hydrogen) atoms. The normalized spacial score (nSPS) is 10.7. The summed E-state index contributed by atoms with van der Waals surface area (Å²) in [5, 5.41) is 3.30. The summed E-state index contributed by atoms with van der Waals surface area (Å²) in [7, 11) is 0. The molecule has 0 saturated carbocycles. The summed E-state index contributed by atoms with van der Waals surface area (Å²) >= 11 is 14.8. The SMILES string of the molecule is O=C(COC(=O)C=Cc1ccc(Br)o1)Nc1cc(Cl)cc(Cl)c1. The molecule has 2 rings (SSSR count). The molecule has 1 heterocycles. The van der Waals surface area contributed by atoms with Gasteiger partial charge in [-0.15, -0.1) is 0 Å². The van der Waals surface area contributed by atoms with E-state index in [1.54, 1.807) is 12.1 Å². The van der Waals surface area contributed by atoms with E-state index in [-0.39, 0.29) is 0 Å². The first kappa shape index (κ1) is 17.6. The minimum atomic E-state index is -0.670. The summed E-state index contributed by atoms with van der Waals surface area (Å²) < 4.78 is 10.5. The van der Waals surface area contributed by atoms with Crippen molar-refractivity contribution < 1.29 is 18.7 Å². The number of benzene rings is 1. The van der Waals surface area contributed by atoms with Crippen molar-refractivity contribution >= 4 is 62.8 Å². The highest BCUT2D eigenvalue weighted by Crippen LogP contribution is 2.22. The van der Waals surface area contributed by atoms with Gasteiger partial charge in [0.05, 0.1) is 0 Å². The van der Waals surface area contributed by atoms with Gasteiger partial charge in [0.2, 0.25) is 0 Å². The fourth-order valence-electron chi connectivity index (χ4n) is 1.58. The Labute approximate surface area is 150 Å². The molecule has 0 aliphatic heterocycles. The number of carbonyl (C=O) groups is 2. The minimum absolute atomic E-state index is 0.386. The first-order valence-electron chi connectivity index (χ1n) is 6.28. The second-order valence-corrected chi connectivity index (χ2v) is 5.94. The lowest BCUT2D eigenvalue weighted by Gasteiger charge is -2.06. The van der Waals surface area contributed by atoms with Crippen LogP contribution in [0.4, 0.5) is 5.69 Å². The third-order valence-electron chi connectivity index (χ3n) is 2.47. The molecule has 1 aromatic heterocycles. The standard InChI is InChI=1S/C15H10BrCl2NO4/c16-13-3-1-12(23-13)2-4-15(21)22-8-14(20)19-11-6-9(17)5-10(18)7-11/h1-7H,8H2,(H,19,20). The Bertz CT molecular complexity index is 737. The van der Waals surface area contributed by atoms with Gasteiger partial charge in [0.1, 0.15) is 5.76 Å². The lowest BCUT2D eigenvalue weighted by molar-refractivity contribution is -0.142. The number of halogens is 3. The maximum absolute atomic E-state index is 11.7. The van der Waals surface area contributed by atoms with E-state index in [0.717, 1.165) is 6.08 Å². The minimum Gasteiger partial charge on any atom is -0.452 e. The molecule has 0 radical (unpaired) electrons. The molecular weight excluding hydrogens is 409 g/mol. The van der Waals surface area contributed by atoms with Gasteiger partial charge in [-0.3, -0.25) is 4.79 Å². The third kappa shape index (κ3) is 6.09. The van der Waals surface area contributed by atoms with Gasteiger partial charge < -0.3 is 14.5 Å². The molecule has 0 bridgehead atoms. The van der Waals surface area contributed by atoms with Crippen molar-refractivity contribution in [3.05, 3.63) is 56.9 Å². The molecule has 0 unspecified atom stereocenters. The number of carbonyl (C=O) groups excluding carboxylic acids is 2. The molecule has 0 aliphatic rings. The van der Waals surface area contributed by atoms with Crippen molar-refractivity contribution in [3.63, 3.8) is 0 Å². The molecule has 0 fully saturated rings. The average molecular weight is 419 g/mol. The number of hydrogen-bond acceptors (Lipinski definition) is 4. The largest absolute Gasteiger partial charge is 0.452 e. The van der Waals surface area contributed by atoms with E-state index in [1.165, 1.54) is 24.3 Å². The zero-order valence-corrected chi connectivity index (χ0v) is 14.6. The second kappa shape index (κ2) is 8.19. The van der Waals surface area contributed by atoms with Crippen molar-refractivity contribution in [2.75, 3.05) is 11.9 Å². The molecule has 5 nitrogen and oxygen atoms in total. The lowest BCUT2D eigenvalue weighted by atomic mass is 10.3. The van der Waals surface area contributed by atoms with Crippen molar-refractivity contribution in [1.82, 2.24) is 0 Å². The van der Waals surface area contributed by atoms with Gasteiger partial charge in [0, 0.05) is 21.8 Å². The van der Waals surface area contributed by atoms with Gasteiger partial charge in [-0.25, -0.2) is 4.79 Å². The summed E-state index contributed by atoms with van der Waals surface area (Å²) in [5.74, 6) is -0.700. The van der Waals surface area contributed by atoms with Crippen LogP contribution in [0.25, 0.3) is 6.08 Å². The molecule has 0 aliphatic carbocycles. The van der Waals surface area contributed by atoms with Crippen molar-refractivity contribution in [1.29, 1.82) is 0 Å². The predicted octanol–water partition coefficient (Wildman–Crippen LogP) is 4.54. The van der Waals surface area contributed by atoms with Gasteiger partial charge in [-0.1, -0.05) is 23.2 Å². The van der Waals surface area contributed by atoms with Crippen LogP contribution in [0.2, 0.25) is 10.0 Å². The Morgan fingerprint density at radius 1 is 1.22 bits per heavy atom. The van der Waals surface area contributed by atoms with E-state index in [2.05, 4.69) is 21.2 Å². The molecule has 1 N–H and O–H groups in total. The molecule has 0 saturated heterocycles. The van der Waals surface area contributed by atoms with E-state index in [4.69, 9.17) is 32.4 Å².